The monoisotopic (exact) mass is 340 g/mol. The summed E-state index contributed by atoms with van der Waals surface area (Å²) in [5, 5.41) is 2.70. The van der Waals surface area contributed by atoms with Crippen molar-refractivity contribution in [1.29, 1.82) is 0 Å². The summed E-state index contributed by atoms with van der Waals surface area (Å²) in [6.07, 6.45) is 2.15. The topological polar surface area (TPSA) is 49.4 Å². The van der Waals surface area contributed by atoms with Crippen LogP contribution in [-0.2, 0) is 22.4 Å². The summed E-state index contributed by atoms with van der Waals surface area (Å²) in [5.41, 5.74) is 2.51. The molecule has 0 unspecified atom stereocenters. The Kier molecular flexibility index (Phi) is 5.43. The van der Waals surface area contributed by atoms with E-state index in [-0.39, 0.29) is 31.2 Å². The third-order valence-corrected chi connectivity index (χ3v) is 4.38. The molecular formula is C20H21FN2O2. The van der Waals surface area contributed by atoms with Gasteiger partial charge in [-0.25, -0.2) is 4.39 Å². The molecule has 0 bridgehead atoms. The maximum atomic E-state index is 13.5. The Bertz CT molecular complexity index is 776. The zero-order valence-electron chi connectivity index (χ0n) is 14.0. The number of aryl methyl sites for hydroxylation is 1. The minimum atomic E-state index is -0.390. The highest BCUT2D eigenvalue weighted by atomic mass is 19.1. The number of nitrogens with one attached hydrogen (secondary N) is 1. The highest BCUT2D eigenvalue weighted by Gasteiger charge is 2.21. The van der Waals surface area contributed by atoms with Gasteiger partial charge in [0.2, 0.25) is 11.8 Å². The molecule has 0 radical (unpaired) electrons. The smallest absolute Gasteiger partial charge is 0.228 e. The minimum absolute atomic E-state index is 0.00154. The fourth-order valence-electron chi connectivity index (χ4n) is 3.11. The van der Waals surface area contributed by atoms with Gasteiger partial charge in [0, 0.05) is 25.2 Å². The number of halogens is 1. The molecule has 1 aliphatic rings. The normalized spacial score (nSPS) is 13.2. The third kappa shape index (κ3) is 4.24. The van der Waals surface area contributed by atoms with Crippen molar-refractivity contribution in [3.63, 3.8) is 0 Å². The summed E-state index contributed by atoms with van der Waals surface area (Å²) in [7, 11) is 0. The van der Waals surface area contributed by atoms with Gasteiger partial charge < -0.3 is 10.2 Å². The van der Waals surface area contributed by atoms with Gasteiger partial charge in [0.15, 0.2) is 0 Å². The summed E-state index contributed by atoms with van der Waals surface area (Å²) < 4.78 is 13.5. The van der Waals surface area contributed by atoms with Gasteiger partial charge in [-0.2, -0.15) is 0 Å². The van der Waals surface area contributed by atoms with E-state index in [1.54, 1.807) is 23.1 Å². The summed E-state index contributed by atoms with van der Waals surface area (Å²) in [4.78, 5) is 26.2. The quantitative estimate of drug-likeness (QED) is 0.910. The van der Waals surface area contributed by atoms with Gasteiger partial charge in [-0.05, 0) is 36.1 Å². The third-order valence-electron chi connectivity index (χ3n) is 4.38. The largest absolute Gasteiger partial charge is 0.355 e. The zero-order valence-corrected chi connectivity index (χ0v) is 14.0. The Balaban J connectivity index is 1.50. The fraction of sp³-hybridized carbons (Fsp3) is 0.300. The van der Waals surface area contributed by atoms with Crippen molar-refractivity contribution >= 4 is 17.5 Å². The zero-order chi connectivity index (χ0) is 17.6. The Morgan fingerprint density at radius 2 is 1.84 bits per heavy atom. The van der Waals surface area contributed by atoms with E-state index in [0.717, 1.165) is 18.5 Å². The molecule has 3 rings (SSSR count). The molecule has 0 spiro atoms. The molecule has 0 saturated heterocycles. The molecule has 2 amide bonds. The van der Waals surface area contributed by atoms with Gasteiger partial charge in [-0.15, -0.1) is 0 Å². The molecule has 2 aromatic rings. The molecule has 130 valence electrons. The number of amides is 2. The number of carbonyl (C=O) groups is 2. The predicted molar refractivity (Wildman–Crippen MR) is 94.8 cm³/mol. The number of hydrogen-bond acceptors (Lipinski definition) is 2. The number of para-hydroxylation sites is 1. The van der Waals surface area contributed by atoms with Crippen molar-refractivity contribution < 1.29 is 14.0 Å². The molecule has 1 heterocycles. The number of nitrogens with zero attached hydrogens (tertiary/aromatic N) is 1. The minimum Gasteiger partial charge on any atom is -0.355 e. The van der Waals surface area contributed by atoms with Crippen LogP contribution in [0.5, 0.6) is 0 Å². The van der Waals surface area contributed by atoms with Gasteiger partial charge >= 0.3 is 0 Å². The SMILES string of the molecule is O=C(Cc1ccccc1F)NCCC(=O)N1CCCc2ccccc21. The summed E-state index contributed by atoms with van der Waals surface area (Å²) in [6, 6.07) is 14.1. The molecule has 0 aliphatic carbocycles. The van der Waals surface area contributed by atoms with Crippen LogP contribution in [0.15, 0.2) is 48.5 Å². The van der Waals surface area contributed by atoms with Gasteiger partial charge in [-0.1, -0.05) is 36.4 Å². The molecule has 2 aromatic carbocycles. The lowest BCUT2D eigenvalue weighted by molar-refractivity contribution is -0.121. The van der Waals surface area contributed by atoms with Crippen LogP contribution in [0.3, 0.4) is 0 Å². The molecule has 25 heavy (non-hydrogen) atoms. The number of fused-ring (bicyclic) bond motifs is 1. The summed E-state index contributed by atoms with van der Waals surface area (Å²) in [5.74, 6) is -0.672. The molecule has 4 nitrogen and oxygen atoms in total. The van der Waals surface area contributed by atoms with E-state index >= 15 is 0 Å². The van der Waals surface area contributed by atoms with Crippen molar-refractivity contribution in [2.45, 2.75) is 25.7 Å². The molecule has 5 heteroatoms. The maximum Gasteiger partial charge on any atom is 0.228 e. The van der Waals surface area contributed by atoms with Crippen LogP contribution in [0.4, 0.5) is 10.1 Å². The summed E-state index contributed by atoms with van der Waals surface area (Å²) >= 11 is 0. The number of benzene rings is 2. The Labute approximate surface area is 146 Å². The van der Waals surface area contributed by atoms with Gasteiger partial charge in [0.05, 0.1) is 6.42 Å². The van der Waals surface area contributed by atoms with E-state index in [2.05, 4.69) is 5.32 Å². The molecule has 1 aliphatic heterocycles. The number of hydrogen-bond donors (Lipinski definition) is 1. The van der Waals surface area contributed by atoms with Crippen LogP contribution >= 0.6 is 0 Å². The lowest BCUT2D eigenvalue weighted by Gasteiger charge is -2.29. The maximum absolute atomic E-state index is 13.5. The molecule has 0 saturated carbocycles. The molecule has 0 fully saturated rings. The van der Waals surface area contributed by atoms with Crippen LogP contribution in [0.25, 0.3) is 0 Å². The number of anilines is 1. The molecule has 1 N–H and O–H groups in total. The van der Waals surface area contributed by atoms with Crippen LogP contribution in [0.2, 0.25) is 0 Å². The Morgan fingerprint density at radius 1 is 1.08 bits per heavy atom. The van der Waals surface area contributed by atoms with Gasteiger partial charge in [-0.3, -0.25) is 9.59 Å². The van der Waals surface area contributed by atoms with E-state index in [1.165, 1.54) is 11.6 Å². The second-order valence-corrected chi connectivity index (χ2v) is 6.15. The number of rotatable bonds is 5. The first-order valence-corrected chi connectivity index (χ1v) is 8.53. The van der Waals surface area contributed by atoms with E-state index in [1.807, 2.05) is 24.3 Å². The van der Waals surface area contributed by atoms with Gasteiger partial charge in [0.25, 0.3) is 0 Å². The van der Waals surface area contributed by atoms with E-state index < -0.39 is 5.82 Å². The number of carbonyl (C=O) groups excluding carboxylic acids is 2. The molecule has 0 atom stereocenters. The predicted octanol–water partition coefficient (Wildman–Crippen LogP) is 2.85. The van der Waals surface area contributed by atoms with Crippen LogP contribution in [-0.4, -0.2) is 24.9 Å². The molecule has 0 aromatic heterocycles. The van der Waals surface area contributed by atoms with Crippen molar-refractivity contribution in [2.75, 3.05) is 18.0 Å². The second kappa shape index (κ2) is 7.92. The average molecular weight is 340 g/mol. The van der Waals surface area contributed by atoms with E-state index in [9.17, 15) is 14.0 Å². The van der Waals surface area contributed by atoms with Gasteiger partial charge in [0.1, 0.15) is 5.82 Å². The summed E-state index contributed by atoms with van der Waals surface area (Å²) in [6.45, 7) is 0.962. The Morgan fingerprint density at radius 3 is 2.68 bits per heavy atom. The van der Waals surface area contributed by atoms with Crippen molar-refractivity contribution in [1.82, 2.24) is 5.32 Å². The van der Waals surface area contributed by atoms with E-state index in [4.69, 9.17) is 0 Å². The standard InChI is InChI=1S/C20H21FN2O2/c21-17-9-3-1-7-16(17)14-19(24)22-12-11-20(25)23-13-5-8-15-6-2-4-10-18(15)23/h1-4,6-7,9-10H,5,8,11-14H2,(H,22,24). The Hall–Kier alpha value is -2.69. The highest BCUT2D eigenvalue weighted by Crippen LogP contribution is 2.26. The van der Waals surface area contributed by atoms with E-state index in [0.29, 0.717) is 12.1 Å². The lowest BCUT2D eigenvalue weighted by Crippen LogP contribution is -2.38. The van der Waals surface area contributed by atoms with Crippen molar-refractivity contribution in [2.24, 2.45) is 0 Å². The first kappa shape index (κ1) is 17.1. The first-order chi connectivity index (χ1) is 12.1. The van der Waals surface area contributed by atoms with Crippen LogP contribution in [0.1, 0.15) is 24.0 Å². The second-order valence-electron chi connectivity index (χ2n) is 6.15. The van der Waals surface area contributed by atoms with Crippen LogP contribution in [0, 0.1) is 5.82 Å². The lowest BCUT2D eigenvalue weighted by atomic mass is 10.0. The average Bonchev–Trinajstić information content (AvgIpc) is 2.63. The van der Waals surface area contributed by atoms with Crippen molar-refractivity contribution in [3.8, 4) is 0 Å². The highest BCUT2D eigenvalue weighted by molar-refractivity contribution is 5.95. The van der Waals surface area contributed by atoms with Crippen LogP contribution < -0.4 is 10.2 Å². The fourth-order valence-corrected chi connectivity index (χ4v) is 3.11. The van der Waals surface area contributed by atoms with Crippen molar-refractivity contribution in [3.05, 3.63) is 65.5 Å². The molecular weight excluding hydrogens is 319 g/mol. The first-order valence-electron chi connectivity index (χ1n) is 8.53.